The van der Waals surface area contributed by atoms with Crippen LogP contribution in [0.3, 0.4) is 0 Å². The summed E-state index contributed by atoms with van der Waals surface area (Å²) in [5.41, 5.74) is 6.16. The van der Waals surface area contributed by atoms with Crippen molar-refractivity contribution < 1.29 is 13.3 Å². The van der Waals surface area contributed by atoms with Crippen molar-refractivity contribution in [2.75, 3.05) is 0 Å². The van der Waals surface area contributed by atoms with Crippen LogP contribution in [0.2, 0.25) is 0 Å². The van der Waals surface area contributed by atoms with Gasteiger partial charge in [-0.25, -0.2) is 8.78 Å². The number of aromatic nitrogens is 2. The molecule has 0 saturated heterocycles. The Labute approximate surface area is 109 Å². The lowest BCUT2D eigenvalue weighted by Gasteiger charge is -2.02. The lowest BCUT2D eigenvalue weighted by atomic mass is 10.1. The van der Waals surface area contributed by atoms with E-state index in [1.165, 1.54) is 12.1 Å². The fraction of sp³-hybridized carbons (Fsp3) is 0.385. The Morgan fingerprint density at radius 2 is 2.16 bits per heavy atom. The summed E-state index contributed by atoms with van der Waals surface area (Å²) in [6, 6.07) is 3.10. The predicted octanol–water partition coefficient (Wildman–Crippen LogP) is 2.74. The first-order valence-electron chi connectivity index (χ1n) is 6.12. The molecule has 4 nitrogen and oxygen atoms in total. The highest BCUT2D eigenvalue weighted by molar-refractivity contribution is 5.21. The summed E-state index contributed by atoms with van der Waals surface area (Å²) < 4.78 is 31.3. The quantitative estimate of drug-likeness (QED) is 0.904. The van der Waals surface area contributed by atoms with Crippen LogP contribution in [0.25, 0.3) is 0 Å². The Kier molecular flexibility index (Phi) is 4.21. The number of halogens is 2. The van der Waals surface area contributed by atoms with Crippen molar-refractivity contribution >= 4 is 0 Å². The third-order valence-corrected chi connectivity index (χ3v) is 2.76. The minimum Gasteiger partial charge on any atom is -0.338 e. The van der Waals surface area contributed by atoms with Crippen LogP contribution in [0, 0.1) is 11.6 Å². The lowest BCUT2D eigenvalue weighted by Crippen LogP contribution is -2.10. The van der Waals surface area contributed by atoms with E-state index in [0.717, 1.165) is 18.9 Å². The Balaban J connectivity index is 2.11. The fourth-order valence-corrected chi connectivity index (χ4v) is 1.76. The summed E-state index contributed by atoms with van der Waals surface area (Å²) in [5.74, 6) is -0.546. The zero-order chi connectivity index (χ0) is 13.8. The number of benzene rings is 1. The molecule has 2 rings (SSSR count). The van der Waals surface area contributed by atoms with Crippen molar-refractivity contribution in [3.05, 3.63) is 47.1 Å². The van der Waals surface area contributed by atoms with E-state index in [2.05, 4.69) is 10.1 Å². The molecule has 1 heterocycles. The van der Waals surface area contributed by atoms with Crippen LogP contribution in [0.5, 0.6) is 0 Å². The molecule has 6 heteroatoms. The smallest absolute Gasteiger partial charge is 0.243 e. The maximum absolute atomic E-state index is 13.5. The molecule has 0 aliphatic rings. The molecule has 19 heavy (non-hydrogen) atoms. The molecule has 0 fully saturated rings. The van der Waals surface area contributed by atoms with Crippen LogP contribution < -0.4 is 5.73 Å². The Morgan fingerprint density at radius 1 is 1.37 bits per heavy atom. The fourth-order valence-electron chi connectivity index (χ4n) is 1.76. The first-order chi connectivity index (χ1) is 9.10. The normalized spacial score (nSPS) is 12.6. The minimum atomic E-state index is -0.621. The molecular weight excluding hydrogens is 252 g/mol. The first kappa shape index (κ1) is 13.6. The van der Waals surface area contributed by atoms with Gasteiger partial charge in [-0.05, 0) is 18.1 Å². The summed E-state index contributed by atoms with van der Waals surface area (Å²) in [4.78, 5) is 4.12. The summed E-state index contributed by atoms with van der Waals surface area (Å²) in [6.07, 6.45) is 1.80. The summed E-state index contributed by atoms with van der Waals surface area (Å²) in [5, 5.41) is 3.75. The number of hydrogen-bond donors (Lipinski definition) is 1. The van der Waals surface area contributed by atoms with Crippen molar-refractivity contribution in [3.63, 3.8) is 0 Å². The number of rotatable bonds is 5. The number of hydrogen-bond acceptors (Lipinski definition) is 4. The van der Waals surface area contributed by atoms with Crippen LogP contribution >= 0.6 is 0 Å². The molecule has 0 radical (unpaired) electrons. The summed E-state index contributed by atoms with van der Waals surface area (Å²) in [6.45, 7) is 2.00. The average Bonchev–Trinajstić information content (AvgIpc) is 2.82. The van der Waals surface area contributed by atoms with Crippen LogP contribution in [-0.2, 0) is 6.42 Å². The molecule has 1 aromatic carbocycles. The molecule has 0 saturated carbocycles. The summed E-state index contributed by atoms with van der Waals surface area (Å²) in [7, 11) is 0. The second kappa shape index (κ2) is 5.88. The zero-order valence-electron chi connectivity index (χ0n) is 10.6. The highest BCUT2D eigenvalue weighted by Gasteiger charge is 2.15. The van der Waals surface area contributed by atoms with Gasteiger partial charge in [0.05, 0.1) is 6.04 Å². The molecule has 0 spiro atoms. The zero-order valence-corrected chi connectivity index (χ0v) is 10.6. The van der Waals surface area contributed by atoms with E-state index in [4.69, 9.17) is 10.3 Å². The van der Waals surface area contributed by atoms with Crippen LogP contribution in [0.4, 0.5) is 8.78 Å². The monoisotopic (exact) mass is 267 g/mol. The topological polar surface area (TPSA) is 64.9 Å². The van der Waals surface area contributed by atoms with Gasteiger partial charge in [-0.1, -0.05) is 24.6 Å². The van der Waals surface area contributed by atoms with E-state index in [9.17, 15) is 8.78 Å². The molecule has 0 amide bonds. The van der Waals surface area contributed by atoms with Gasteiger partial charge in [0.1, 0.15) is 11.6 Å². The average molecular weight is 267 g/mol. The van der Waals surface area contributed by atoms with Crippen molar-refractivity contribution in [2.45, 2.75) is 32.2 Å². The summed E-state index contributed by atoms with van der Waals surface area (Å²) >= 11 is 0. The van der Waals surface area contributed by atoms with E-state index in [0.29, 0.717) is 17.3 Å². The van der Waals surface area contributed by atoms with E-state index < -0.39 is 11.6 Å². The second-order valence-corrected chi connectivity index (χ2v) is 4.36. The minimum absolute atomic E-state index is 0.147. The first-order valence-corrected chi connectivity index (χ1v) is 6.12. The highest BCUT2D eigenvalue weighted by Crippen LogP contribution is 2.16. The Hall–Kier alpha value is -1.82. The van der Waals surface area contributed by atoms with E-state index in [1.807, 2.05) is 6.92 Å². The molecule has 102 valence electrons. The lowest BCUT2D eigenvalue weighted by molar-refractivity contribution is 0.344. The van der Waals surface area contributed by atoms with Crippen molar-refractivity contribution in [1.82, 2.24) is 10.1 Å². The maximum Gasteiger partial charge on any atom is 0.243 e. The van der Waals surface area contributed by atoms with Gasteiger partial charge in [0, 0.05) is 12.5 Å². The molecular formula is C13H15F2N3O. The van der Waals surface area contributed by atoms with E-state index in [-0.39, 0.29) is 12.5 Å². The second-order valence-electron chi connectivity index (χ2n) is 4.36. The van der Waals surface area contributed by atoms with Gasteiger partial charge in [-0.3, -0.25) is 0 Å². The third kappa shape index (κ3) is 3.35. The number of nitrogens with zero attached hydrogens (tertiary/aromatic N) is 2. The molecule has 2 N–H and O–H groups in total. The van der Waals surface area contributed by atoms with Gasteiger partial charge >= 0.3 is 0 Å². The van der Waals surface area contributed by atoms with Gasteiger partial charge < -0.3 is 10.3 Å². The molecule has 0 unspecified atom stereocenters. The Bertz CT molecular complexity index is 557. The SMILES string of the molecule is CCC[C@@H](N)c1nc(Cc2ccc(F)cc2F)no1. The molecule has 0 bridgehead atoms. The third-order valence-electron chi connectivity index (χ3n) is 2.76. The van der Waals surface area contributed by atoms with Crippen molar-refractivity contribution in [2.24, 2.45) is 5.73 Å². The van der Waals surface area contributed by atoms with Crippen molar-refractivity contribution in [1.29, 1.82) is 0 Å². The van der Waals surface area contributed by atoms with E-state index in [1.54, 1.807) is 0 Å². The largest absolute Gasteiger partial charge is 0.338 e. The number of nitrogens with two attached hydrogens (primary N) is 1. The standard InChI is InChI=1S/C13H15F2N3O/c1-2-3-11(16)13-17-12(18-19-13)6-8-4-5-9(14)7-10(8)15/h4-5,7,11H,2-3,6,16H2,1H3/t11-/m1/s1. The molecule has 0 aliphatic carbocycles. The highest BCUT2D eigenvalue weighted by atomic mass is 19.1. The van der Waals surface area contributed by atoms with Crippen LogP contribution in [0.15, 0.2) is 22.7 Å². The Morgan fingerprint density at radius 3 is 2.84 bits per heavy atom. The molecule has 2 aromatic rings. The van der Waals surface area contributed by atoms with Gasteiger partial charge in [0.2, 0.25) is 5.89 Å². The van der Waals surface area contributed by atoms with Gasteiger partial charge in [-0.2, -0.15) is 4.98 Å². The van der Waals surface area contributed by atoms with Crippen LogP contribution in [0.1, 0.15) is 43.1 Å². The van der Waals surface area contributed by atoms with Gasteiger partial charge in [0.25, 0.3) is 0 Å². The van der Waals surface area contributed by atoms with Gasteiger partial charge in [0.15, 0.2) is 5.82 Å². The maximum atomic E-state index is 13.5. The molecule has 1 aromatic heterocycles. The van der Waals surface area contributed by atoms with Gasteiger partial charge in [-0.15, -0.1) is 0 Å². The molecule has 0 aliphatic heterocycles. The van der Waals surface area contributed by atoms with Crippen molar-refractivity contribution in [3.8, 4) is 0 Å². The van der Waals surface area contributed by atoms with Crippen LogP contribution in [-0.4, -0.2) is 10.1 Å². The van der Waals surface area contributed by atoms with E-state index >= 15 is 0 Å². The molecule has 1 atom stereocenters. The predicted molar refractivity (Wildman–Crippen MR) is 65.3 cm³/mol.